The van der Waals surface area contributed by atoms with Gasteiger partial charge < -0.3 is 5.11 Å². The van der Waals surface area contributed by atoms with Crippen molar-refractivity contribution in [3.05, 3.63) is 34.6 Å². The Hall–Kier alpha value is -0.640. The predicted molar refractivity (Wildman–Crippen MR) is 68.7 cm³/mol. The lowest BCUT2D eigenvalue weighted by molar-refractivity contribution is 0.184. The number of benzene rings is 1. The molecule has 1 aromatic carbocycles. The van der Waals surface area contributed by atoms with Crippen LogP contribution in [0.4, 0.5) is 4.39 Å². The number of rotatable bonds is 6. The average molecular weight is 260 g/mol. The molecule has 0 saturated carbocycles. The molecule has 1 N–H and O–H groups in total. The van der Waals surface area contributed by atoms with Gasteiger partial charge in [0.05, 0.1) is 5.02 Å². The fourth-order valence-corrected chi connectivity index (χ4v) is 1.87. The zero-order chi connectivity index (χ0) is 12.8. The first-order valence-corrected chi connectivity index (χ1v) is 6.22. The van der Waals surface area contributed by atoms with Crippen molar-refractivity contribution in [1.82, 2.24) is 4.90 Å². The summed E-state index contributed by atoms with van der Waals surface area (Å²) in [6, 6.07) is 5.20. The molecule has 0 aliphatic rings. The fraction of sp³-hybridized carbons (Fsp3) is 0.538. The highest BCUT2D eigenvalue weighted by Gasteiger charge is 2.13. The molecule has 1 aromatic rings. The first kappa shape index (κ1) is 14.4. The van der Waals surface area contributed by atoms with Gasteiger partial charge in [-0.2, -0.15) is 0 Å². The second kappa shape index (κ2) is 6.94. The van der Waals surface area contributed by atoms with E-state index in [1.807, 2.05) is 6.07 Å². The van der Waals surface area contributed by atoms with E-state index in [9.17, 15) is 4.39 Å². The van der Waals surface area contributed by atoms with Gasteiger partial charge in [0.25, 0.3) is 0 Å². The molecule has 0 aliphatic heterocycles. The van der Waals surface area contributed by atoms with E-state index in [0.29, 0.717) is 19.0 Å². The molecule has 0 aliphatic carbocycles. The van der Waals surface area contributed by atoms with Gasteiger partial charge in [-0.3, -0.25) is 4.90 Å². The van der Waals surface area contributed by atoms with Crippen molar-refractivity contribution >= 4 is 11.6 Å². The van der Waals surface area contributed by atoms with E-state index in [2.05, 4.69) is 18.7 Å². The molecule has 0 fully saturated rings. The predicted octanol–water partition coefficient (Wildman–Crippen LogP) is 3.07. The second-order valence-corrected chi connectivity index (χ2v) is 4.73. The Balaban J connectivity index is 2.75. The Bertz CT molecular complexity index is 357. The van der Waals surface area contributed by atoms with Gasteiger partial charge in [-0.1, -0.05) is 23.7 Å². The smallest absolute Gasteiger partial charge is 0.142 e. The van der Waals surface area contributed by atoms with Crippen LogP contribution in [-0.4, -0.2) is 29.2 Å². The third-order valence-corrected chi connectivity index (χ3v) is 3.16. The third-order valence-electron chi connectivity index (χ3n) is 2.74. The van der Waals surface area contributed by atoms with Gasteiger partial charge in [-0.25, -0.2) is 4.39 Å². The Labute approximate surface area is 107 Å². The van der Waals surface area contributed by atoms with Crippen LogP contribution in [0.25, 0.3) is 0 Å². The number of halogens is 2. The van der Waals surface area contributed by atoms with Crippen LogP contribution in [0.1, 0.15) is 25.8 Å². The molecule has 96 valence electrons. The SMILES string of the molecule is CC(C)N(CCCO)Cc1cccc(F)c1Cl. The van der Waals surface area contributed by atoms with Gasteiger partial charge >= 0.3 is 0 Å². The van der Waals surface area contributed by atoms with Gasteiger partial charge in [-0.05, 0) is 31.9 Å². The summed E-state index contributed by atoms with van der Waals surface area (Å²) in [6.07, 6.45) is 0.713. The summed E-state index contributed by atoms with van der Waals surface area (Å²) in [7, 11) is 0. The molecule has 0 unspecified atom stereocenters. The number of hydrogen-bond donors (Lipinski definition) is 1. The van der Waals surface area contributed by atoms with Crippen molar-refractivity contribution in [2.45, 2.75) is 32.9 Å². The standard InChI is InChI=1S/C13H19ClFNO/c1-10(2)16(7-4-8-17)9-11-5-3-6-12(15)13(11)14/h3,5-6,10,17H,4,7-9H2,1-2H3. The molecular weight excluding hydrogens is 241 g/mol. The Morgan fingerprint density at radius 1 is 1.41 bits per heavy atom. The number of nitrogens with zero attached hydrogens (tertiary/aromatic N) is 1. The van der Waals surface area contributed by atoms with Gasteiger partial charge in [0, 0.05) is 25.7 Å². The summed E-state index contributed by atoms with van der Waals surface area (Å²) in [5, 5.41) is 9.05. The summed E-state index contributed by atoms with van der Waals surface area (Å²) >= 11 is 5.92. The van der Waals surface area contributed by atoms with Gasteiger partial charge in [0.2, 0.25) is 0 Å². The molecule has 0 radical (unpaired) electrons. The van der Waals surface area contributed by atoms with Crippen LogP contribution in [0.2, 0.25) is 5.02 Å². The minimum Gasteiger partial charge on any atom is -0.396 e. The minimum atomic E-state index is -0.380. The molecule has 4 heteroatoms. The Morgan fingerprint density at radius 3 is 2.71 bits per heavy atom. The summed E-state index contributed by atoms with van der Waals surface area (Å²) in [5.41, 5.74) is 0.790. The maximum Gasteiger partial charge on any atom is 0.142 e. The molecule has 0 amide bonds. The molecule has 17 heavy (non-hydrogen) atoms. The molecule has 0 aromatic heterocycles. The summed E-state index contributed by atoms with van der Waals surface area (Å²) in [5.74, 6) is -0.380. The van der Waals surface area contributed by atoms with Crippen molar-refractivity contribution in [3.63, 3.8) is 0 Å². The highest BCUT2D eigenvalue weighted by atomic mass is 35.5. The van der Waals surface area contributed by atoms with Crippen LogP contribution in [0.3, 0.4) is 0 Å². The van der Waals surface area contributed by atoms with Crippen molar-refractivity contribution in [1.29, 1.82) is 0 Å². The fourth-order valence-electron chi connectivity index (χ4n) is 1.68. The second-order valence-electron chi connectivity index (χ2n) is 4.35. The zero-order valence-corrected chi connectivity index (χ0v) is 11.0. The lowest BCUT2D eigenvalue weighted by atomic mass is 10.1. The molecule has 0 bridgehead atoms. The number of aliphatic hydroxyl groups is 1. The van der Waals surface area contributed by atoms with E-state index in [0.717, 1.165) is 12.1 Å². The van der Waals surface area contributed by atoms with E-state index >= 15 is 0 Å². The van der Waals surface area contributed by atoms with Crippen LogP contribution < -0.4 is 0 Å². The minimum absolute atomic E-state index is 0.167. The first-order chi connectivity index (χ1) is 8.06. The number of aliphatic hydroxyl groups excluding tert-OH is 1. The van der Waals surface area contributed by atoms with Crippen molar-refractivity contribution in [2.75, 3.05) is 13.2 Å². The lowest BCUT2D eigenvalue weighted by Crippen LogP contribution is -2.31. The van der Waals surface area contributed by atoms with Crippen molar-refractivity contribution in [2.24, 2.45) is 0 Å². The Morgan fingerprint density at radius 2 is 2.12 bits per heavy atom. The largest absolute Gasteiger partial charge is 0.396 e. The topological polar surface area (TPSA) is 23.5 Å². The van der Waals surface area contributed by atoms with Crippen LogP contribution in [0.5, 0.6) is 0 Å². The third kappa shape index (κ3) is 4.26. The summed E-state index contributed by atoms with van der Waals surface area (Å²) in [6.45, 7) is 5.70. The van der Waals surface area contributed by atoms with E-state index < -0.39 is 0 Å². The molecule has 2 nitrogen and oxygen atoms in total. The highest BCUT2D eigenvalue weighted by Crippen LogP contribution is 2.21. The Kier molecular flexibility index (Phi) is 5.89. The average Bonchev–Trinajstić information content (AvgIpc) is 2.29. The van der Waals surface area contributed by atoms with Crippen LogP contribution >= 0.6 is 11.6 Å². The van der Waals surface area contributed by atoms with E-state index in [1.165, 1.54) is 6.07 Å². The lowest BCUT2D eigenvalue weighted by Gasteiger charge is -2.26. The summed E-state index contributed by atoms with van der Waals surface area (Å²) < 4.78 is 13.3. The molecule has 0 spiro atoms. The van der Waals surface area contributed by atoms with E-state index in [4.69, 9.17) is 16.7 Å². The molecule has 1 rings (SSSR count). The van der Waals surface area contributed by atoms with Crippen molar-refractivity contribution < 1.29 is 9.50 Å². The maximum atomic E-state index is 13.3. The van der Waals surface area contributed by atoms with Crippen LogP contribution in [0.15, 0.2) is 18.2 Å². The molecule has 0 heterocycles. The highest BCUT2D eigenvalue weighted by molar-refractivity contribution is 6.31. The quantitative estimate of drug-likeness (QED) is 0.849. The van der Waals surface area contributed by atoms with E-state index in [1.54, 1.807) is 6.07 Å². The van der Waals surface area contributed by atoms with Crippen molar-refractivity contribution in [3.8, 4) is 0 Å². The molecule has 0 atom stereocenters. The zero-order valence-electron chi connectivity index (χ0n) is 10.3. The first-order valence-electron chi connectivity index (χ1n) is 5.84. The maximum absolute atomic E-state index is 13.3. The summed E-state index contributed by atoms with van der Waals surface area (Å²) in [4.78, 5) is 2.16. The van der Waals surface area contributed by atoms with Crippen LogP contribution in [-0.2, 0) is 6.54 Å². The van der Waals surface area contributed by atoms with Gasteiger partial charge in [0.1, 0.15) is 5.82 Å². The normalized spacial score (nSPS) is 11.5. The monoisotopic (exact) mass is 259 g/mol. The van der Waals surface area contributed by atoms with Gasteiger partial charge in [-0.15, -0.1) is 0 Å². The number of hydrogen-bond acceptors (Lipinski definition) is 2. The van der Waals surface area contributed by atoms with Crippen LogP contribution in [0, 0.1) is 5.82 Å². The molecular formula is C13H19ClFNO. The van der Waals surface area contributed by atoms with E-state index in [-0.39, 0.29) is 17.4 Å². The molecule has 0 saturated heterocycles. The van der Waals surface area contributed by atoms with Gasteiger partial charge in [0.15, 0.2) is 0 Å².